The van der Waals surface area contributed by atoms with Gasteiger partial charge in [0.05, 0.1) is 0 Å². The first kappa shape index (κ1) is 9.44. The normalized spacial score (nSPS) is 22.4. The van der Waals surface area contributed by atoms with E-state index in [0.29, 0.717) is 5.92 Å². The summed E-state index contributed by atoms with van der Waals surface area (Å²) < 4.78 is 13.0. The molecule has 1 saturated heterocycles. The van der Waals surface area contributed by atoms with Crippen LogP contribution in [0.1, 0.15) is 19.8 Å². The molecule has 0 saturated carbocycles. The van der Waals surface area contributed by atoms with Crippen molar-refractivity contribution >= 4 is 5.82 Å². The van der Waals surface area contributed by atoms with E-state index in [9.17, 15) is 4.39 Å². The highest BCUT2D eigenvalue weighted by Gasteiger charge is 2.17. The number of anilines is 1. The molecule has 0 aromatic carbocycles. The van der Waals surface area contributed by atoms with Crippen molar-refractivity contribution in [1.29, 1.82) is 0 Å². The second kappa shape index (κ2) is 3.95. The third kappa shape index (κ3) is 2.03. The molecule has 1 atom stereocenters. The Morgan fingerprint density at radius 3 is 3.14 bits per heavy atom. The Balaban J connectivity index is 2.14. The van der Waals surface area contributed by atoms with Crippen molar-refractivity contribution in [2.24, 2.45) is 5.92 Å². The molecule has 1 aliphatic heterocycles. The number of hydrogen-bond acceptors (Lipinski definition) is 2. The monoisotopic (exact) mass is 194 g/mol. The summed E-state index contributed by atoms with van der Waals surface area (Å²) in [7, 11) is 0. The number of pyridine rings is 1. The zero-order valence-corrected chi connectivity index (χ0v) is 8.41. The van der Waals surface area contributed by atoms with Crippen LogP contribution in [0.2, 0.25) is 0 Å². The summed E-state index contributed by atoms with van der Waals surface area (Å²) in [4.78, 5) is 6.35. The minimum atomic E-state index is -0.201. The number of halogens is 1. The van der Waals surface area contributed by atoms with Gasteiger partial charge >= 0.3 is 0 Å². The average molecular weight is 194 g/mol. The molecule has 2 heterocycles. The summed E-state index contributed by atoms with van der Waals surface area (Å²) in [6, 6.07) is 2.90. The van der Waals surface area contributed by atoms with Crippen LogP contribution in [0.3, 0.4) is 0 Å². The van der Waals surface area contributed by atoms with Gasteiger partial charge < -0.3 is 4.90 Å². The maximum absolute atomic E-state index is 13.0. The molecular weight excluding hydrogens is 179 g/mol. The van der Waals surface area contributed by atoms with Crippen molar-refractivity contribution in [3.8, 4) is 0 Å². The second-order valence-electron chi connectivity index (χ2n) is 4.03. The predicted octanol–water partition coefficient (Wildman–Crippen LogP) is 2.46. The van der Waals surface area contributed by atoms with E-state index in [1.54, 1.807) is 0 Å². The van der Waals surface area contributed by atoms with Gasteiger partial charge in [0.1, 0.15) is 11.6 Å². The molecule has 0 aliphatic carbocycles. The molecule has 0 radical (unpaired) electrons. The summed E-state index contributed by atoms with van der Waals surface area (Å²) in [5.41, 5.74) is 0. The third-order valence-electron chi connectivity index (χ3n) is 2.69. The van der Waals surface area contributed by atoms with Crippen LogP contribution >= 0.6 is 0 Å². The Bertz CT molecular complexity index is 314. The molecule has 1 aromatic rings. The summed E-state index contributed by atoms with van der Waals surface area (Å²) in [6.07, 6.45) is 3.98. The fraction of sp³-hybridized carbons (Fsp3) is 0.545. The standard InChI is InChI=1S/C11H15FN2/c1-9-3-2-6-14(8-9)11-7-10(12)4-5-13-11/h4-5,7,9H,2-3,6,8H2,1H3. The van der Waals surface area contributed by atoms with Crippen LogP contribution < -0.4 is 4.90 Å². The van der Waals surface area contributed by atoms with Crippen LogP contribution in [0.4, 0.5) is 10.2 Å². The lowest BCUT2D eigenvalue weighted by Crippen LogP contribution is -2.34. The van der Waals surface area contributed by atoms with E-state index in [2.05, 4.69) is 16.8 Å². The van der Waals surface area contributed by atoms with E-state index >= 15 is 0 Å². The maximum atomic E-state index is 13.0. The number of hydrogen-bond donors (Lipinski definition) is 0. The number of piperidine rings is 1. The molecule has 0 bridgehead atoms. The molecule has 3 heteroatoms. The topological polar surface area (TPSA) is 16.1 Å². The lowest BCUT2D eigenvalue weighted by molar-refractivity contribution is 0.444. The van der Waals surface area contributed by atoms with Crippen LogP contribution in [-0.2, 0) is 0 Å². The Labute approximate surface area is 83.8 Å². The van der Waals surface area contributed by atoms with Crippen molar-refractivity contribution in [3.63, 3.8) is 0 Å². The Hall–Kier alpha value is -1.12. The summed E-state index contributed by atoms with van der Waals surface area (Å²) in [5.74, 6) is 1.26. The lowest BCUT2D eigenvalue weighted by atomic mass is 10.0. The molecule has 1 fully saturated rings. The number of nitrogens with zero attached hydrogens (tertiary/aromatic N) is 2. The highest BCUT2D eigenvalue weighted by molar-refractivity contribution is 5.38. The molecule has 2 nitrogen and oxygen atoms in total. The smallest absolute Gasteiger partial charge is 0.131 e. The highest BCUT2D eigenvalue weighted by atomic mass is 19.1. The molecule has 1 aliphatic rings. The van der Waals surface area contributed by atoms with Crippen molar-refractivity contribution < 1.29 is 4.39 Å². The minimum Gasteiger partial charge on any atom is -0.356 e. The van der Waals surface area contributed by atoms with Gasteiger partial charge in [-0.2, -0.15) is 0 Å². The van der Waals surface area contributed by atoms with Gasteiger partial charge in [-0.15, -0.1) is 0 Å². The average Bonchev–Trinajstić information content (AvgIpc) is 2.18. The van der Waals surface area contributed by atoms with E-state index in [-0.39, 0.29) is 5.82 Å². The van der Waals surface area contributed by atoms with Crippen LogP contribution in [0.5, 0.6) is 0 Å². The van der Waals surface area contributed by atoms with Crippen LogP contribution in [0.25, 0.3) is 0 Å². The van der Waals surface area contributed by atoms with Crippen molar-refractivity contribution in [3.05, 3.63) is 24.1 Å². The second-order valence-corrected chi connectivity index (χ2v) is 4.03. The fourth-order valence-electron chi connectivity index (χ4n) is 1.96. The van der Waals surface area contributed by atoms with Crippen LogP contribution in [-0.4, -0.2) is 18.1 Å². The van der Waals surface area contributed by atoms with Gasteiger partial charge in [0.15, 0.2) is 0 Å². The predicted molar refractivity (Wildman–Crippen MR) is 54.8 cm³/mol. The van der Waals surface area contributed by atoms with E-state index < -0.39 is 0 Å². The lowest BCUT2D eigenvalue weighted by Gasteiger charge is -2.31. The van der Waals surface area contributed by atoms with Gasteiger partial charge in [-0.25, -0.2) is 9.37 Å². The van der Waals surface area contributed by atoms with E-state index in [4.69, 9.17) is 0 Å². The Kier molecular flexibility index (Phi) is 2.66. The number of rotatable bonds is 1. The largest absolute Gasteiger partial charge is 0.356 e. The van der Waals surface area contributed by atoms with Crippen molar-refractivity contribution in [1.82, 2.24) is 4.98 Å². The molecular formula is C11H15FN2. The summed E-state index contributed by atoms with van der Waals surface area (Å²) in [6.45, 7) is 4.22. The molecule has 14 heavy (non-hydrogen) atoms. The van der Waals surface area contributed by atoms with Gasteiger partial charge in [-0.05, 0) is 24.8 Å². The molecule has 0 amide bonds. The third-order valence-corrected chi connectivity index (χ3v) is 2.69. The fourth-order valence-corrected chi connectivity index (χ4v) is 1.96. The molecule has 2 rings (SSSR count). The minimum absolute atomic E-state index is 0.201. The van der Waals surface area contributed by atoms with E-state index in [0.717, 1.165) is 18.9 Å². The van der Waals surface area contributed by atoms with Gasteiger partial charge in [0, 0.05) is 25.4 Å². The summed E-state index contributed by atoms with van der Waals surface area (Å²) >= 11 is 0. The van der Waals surface area contributed by atoms with Crippen molar-refractivity contribution in [2.45, 2.75) is 19.8 Å². The zero-order valence-electron chi connectivity index (χ0n) is 8.41. The molecule has 0 spiro atoms. The van der Waals surface area contributed by atoms with Gasteiger partial charge in [0.2, 0.25) is 0 Å². The Morgan fingerprint density at radius 1 is 1.57 bits per heavy atom. The van der Waals surface area contributed by atoms with Crippen molar-refractivity contribution in [2.75, 3.05) is 18.0 Å². The van der Waals surface area contributed by atoms with E-state index in [1.807, 2.05) is 0 Å². The molecule has 0 N–H and O–H groups in total. The Morgan fingerprint density at radius 2 is 2.43 bits per heavy atom. The molecule has 76 valence electrons. The first-order chi connectivity index (χ1) is 6.75. The summed E-state index contributed by atoms with van der Waals surface area (Å²) in [5, 5.41) is 0. The molecule has 1 aromatic heterocycles. The van der Waals surface area contributed by atoms with Crippen LogP contribution in [0.15, 0.2) is 18.3 Å². The quantitative estimate of drug-likeness (QED) is 0.682. The number of aromatic nitrogens is 1. The first-order valence-corrected chi connectivity index (χ1v) is 5.12. The van der Waals surface area contributed by atoms with Crippen LogP contribution in [0, 0.1) is 11.7 Å². The first-order valence-electron chi connectivity index (χ1n) is 5.12. The SMILES string of the molecule is CC1CCCN(c2cc(F)ccn2)C1. The highest BCUT2D eigenvalue weighted by Crippen LogP contribution is 2.21. The maximum Gasteiger partial charge on any atom is 0.131 e. The molecule has 1 unspecified atom stereocenters. The van der Waals surface area contributed by atoms with Gasteiger partial charge in [-0.3, -0.25) is 0 Å². The van der Waals surface area contributed by atoms with Gasteiger partial charge in [-0.1, -0.05) is 6.92 Å². The zero-order chi connectivity index (χ0) is 9.97. The van der Waals surface area contributed by atoms with Gasteiger partial charge in [0.25, 0.3) is 0 Å². The van der Waals surface area contributed by atoms with E-state index in [1.165, 1.54) is 31.2 Å².